The van der Waals surface area contributed by atoms with Crippen LogP contribution < -0.4 is 5.32 Å². The van der Waals surface area contributed by atoms with Gasteiger partial charge < -0.3 is 10.1 Å². The van der Waals surface area contributed by atoms with Crippen molar-refractivity contribution < 1.29 is 4.74 Å². The molecular weight excluding hydrogens is 164 g/mol. The van der Waals surface area contributed by atoms with Gasteiger partial charge in [0, 0.05) is 12.6 Å². The number of rotatable bonds is 1. The molecule has 2 fully saturated rings. The first kappa shape index (κ1) is 9.44. The molecule has 76 valence electrons. The zero-order valence-electron chi connectivity index (χ0n) is 8.46. The van der Waals surface area contributed by atoms with Crippen molar-refractivity contribution in [2.24, 2.45) is 5.92 Å². The van der Waals surface area contributed by atoms with Gasteiger partial charge in [-0.3, -0.25) is 4.90 Å². The highest BCUT2D eigenvalue weighted by atomic mass is 16.5. The van der Waals surface area contributed by atoms with Crippen molar-refractivity contribution in [2.45, 2.75) is 18.9 Å². The highest BCUT2D eigenvalue weighted by Gasteiger charge is 2.28. The molecule has 2 heterocycles. The molecule has 0 aliphatic carbocycles. The minimum Gasteiger partial charge on any atom is -0.378 e. The molecule has 0 aromatic heterocycles. The van der Waals surface area contributed by atoms with Crippen LogP contribution >= 0.6 is 0 Å². The summed E-state index contributed by atoms with van der Waals surface area (Å²) in [7, 11) is 2.22. The molecule has 2 unspecified atom stereocenters. The van der Waals surface area contributed by atoms with E-state index in [1.165, 1.54) is 25.9 Å². The minimum absolute atomic E-state index is 0.654. The van der Waals surface area contributed by atoms with Crippen LogP contribution in [-0.4, -0.2) is 50.8 Å². The molecule has 0 aromatic rings. The molecule has 0 spiro atoms. The number of piperidine rings is 1. The number of likely N-dealkylation sites (N-methyl/N-ethyl adjacent to an activating group) is 1. The molecular formula is C10H20N2O. The van der Waals surface area contributed by atoms with Gasteiger partial charge in [0.2, 0.25) is 0 Å². The van der Waals surface area contributed by atoms with Gasteiger partial charge >= 0.3 is 0 Å². The monoisotopic (exact) mass is 184 g/mol. The quantitative estimate of drug-likeness (QED) is 0.635. The van der Waals surface area contributed by atoms with Crippen molar-refractivity contribution in [1.29, 1.82) is 0 Å². The highest BCUT2D eigenvalue weighted by Crippen LogP contribution is 2.20. The van der Waals surface area contributed by atoms with Crippen LogP contribution in [-0.2, 0) is 4.74 Å². The topological polar surface area (TPSA) is 24.5 Å². The van der Waals surface area contributed by atoms with Gasteiger partial charge in [-0.1, -0.05) is 0 Å². The molecule has 0 saturated carbocycles. The van der Waals surface area contributed by atoms with Crippen LogP contribution in [0.2, 0.25) is 0 Å². The second-order valence-corrected chi connectivity index (χ2v) is 4.23. The van der Waals surface area contributed by atoms with Gasteiger partial charge in [-0.25, -0.2) is 0 Å². The Balaban J connectivity index is 1.88. The predicted molar refractivity (Wildman–Crippen MR) is 52.8 cm³/mol. The van der Waals surface area contributed by atoms with Gasteiger partial charge in [0.1, 0.15) is 0 Å². The summed E-state index contributed by atoms with van der Waals surface area (Å²) >= 11 is 0. The first-order valence-electron chi connectivity index (χ1n) is 5.36. The maximum absolute atomic E-state index is 5.54. The molecule has 0 bridgehead atoms. The van der Waals surface area contributed by atoms with Crippen LogP contribution in [0.15, 0.2) is 0 Å². The summed E-state index contributed by atoms with van der Waals surface area (Å²) in [5, 5.41) is 3.47. The van der Waals surface area contributed by atoms with Crippen LogP contribution in [0.5, 0.6) is 0 Å². The first-order chi connectivity index (χ1) is 6.38. The van der Waals surface area contributed by atoms with Gasteiger partial charge in [0.25, 0.3) is 0 Å². The van der Waals surface area contributed by atoms with Crippen LogP contribution in [0, 0.1) is 5.92 Å². The van der Waals surface area contributed by atoms with Crippen LogP contribution in [0.25, 0.3) is 0 Å². The third kappa shape index (κ3) is 2.22. The summed E-state index contributed by atoms with van der Waals surface area (Å²) in [6.07, 6.45) is 2.69. The number of nitrogens with zero attached hydrogens (tertiary/aromatic N) is 1. The lowest BCUT2D eigenvalue weighted by molar-refractivity contribution is -0.0211. The normalized spacial score (nSPS) is 37.6. The standard InChI is InChI=1S/C10H20N2O/c1-12-5-6-13-8-10(12)9-3-2-4-11-7-9/h9-11H,2-8H2,1H3. The zero-order valence-corrected chi connectivity index (χ0v) is 8.46. The third-order valence-corrected chi connectivity index (χ3v) is 3.32. The van der Waals surface area contributed by atoms with Crippen LogP contribution in [0.1, 0.15) is 12.8 Å². The van der Waals surface area contributed by atoms with Gasteiger partial charge in [0.05, 0.1) is 13.2 Å². The predicted octanol–water partition coefficient (Wildman–Crippen LogP) is 0.317. The van der Waals surface area contributed by atoms with Crippen LogP contribution in [0.3, 0.4) is 0 Å². The van der Waals surface area contributed by atoms with E-state index in [0.29, 0.717) is 6.04 Å². The molecule has 2 atom stereocenters. The van der Waals surface area contributed by atoms with Gasteiger partial charge in [-0.05, 0) is 38.9 Å². The summed E-state index contributed by atoms with van der Waals surface area (Å²) < 4.78 is 5.54. The van der Waals surface area contributed by atoms with E-state index in [9.17, 15) is 0 Å². The molecule has 0 aromatic carbocycles. The van der Waals surface area contributed by atoms with Crippen LogP contribution in [0.4, 0.5) is 0 Å². The van der Waals surface area contributed by atoms with E-state index < -0.39 is 0 Å². The van der Waals surface area contributed by atoms with E-state index in [0.717, 1.165) is 25.7 Å². The smallest absolute Gasteiger partial charge is 0.0625 e. The third-order valence-electron chi connectivity index (χ3n) is 3.32. The van der Waals surface area contributed by atoms with Gasteiger partial charge in [-0.15, -0.1) is 0 Å². The first-order valence-corrected chi connectivity index (χ1v) is 5.36. The summed E-state index contributed by atoms with van der Waals surface area (Å²) in [5.74, 6) is 0.805. The van der Waals surface area contributed by atoms with Crippen molar-refractivity contribution >= 4 is 0 Å². The van der Waals surface area contributed by atoms with E-state index in [2.05, 4.69) is 17.3 Å². The Hall–Kier alpha value is -0.120. The minimum atomic E-state index is 0.654. The summed E-state index contributed by atoms with van der Waals surface area (Å²) in [6, 6.07) is 0.654. The fourth-order valence-corrected chi connectivity index (χ4v) is 2.41. The van der Waals surface area contributed by atoms with E-state index in [4.69, 9.17) is 4.74 Å². The van der Waals surface area contributed by atoms with Crippen molar-refractivity contribution in [2.75, 3.05) is 39.9 Å². The molecule has 1 N–H and O–H groups in total. The van der Waals surface area contributed by atoms with Gasteiger partial charge in [0.15, 0.2) is 0 Å². The number of hydrogen-bond donors (Lipinski definition) is 1. The molecule has 0 radical (unpaired) electrons. The lowest BCUT2D eigenvalue weighted by Gasteiger charge is -2.39. The Labute approximate surface area is 80.4 Å². The Morgan fingerprint density at radius 3 is 3.08 bits per heavy atom. The maximum atomic E-state index is 5.54. The van der Waals surface area contributed by atoms with Crippen molar-refractivity contribution in [3.63, 3.8) is 0 Å². The highest BCUT2D eigenvalue weighted by molar-refractivity contribution is 4.83. The average Bonchev–Trinajstić information content (AvgIpc) is 2.20. The number of ether oxygens (including phenoxy) is 1. The fraction of sp³-hybridized carbons (Fsp3) is 1.00. The fourth-order valence-electron chi connectivity index (χ4n) is 2.41. The Bertz CT molecular complexity index is 157. The second-order valence-electron chi connectivity index (χ2n) is 4.23. The summed E-state index contributed by atoms with van der Waals surface area (Å²) in [5.41, 5.74) is 0. The molecule has 2 aliphatic heterocycles. The Morgan fingerprint density at radius 2 is 2.38 bits per heavy atom. The van der Waals surface area contributed by atoms with E-state index in [1.54, 1.807) is 0 Å². The number of nitrogens with one attached hydrogen (secondary N) is 1. The zero-order chi connectivity index (χ0) is 9.10. The van der Waals surface area contributed by atoms with Crippen molar-refractivity contribution in [3.05, 3.63) is 0 Å². The molecule has 2 aliphatic rings. The summed E-state index contributed by atoms with van der Waals surface area (Å²) in [4.78, 5) is 2.46. The van der Waals surface area contributed by atoms with Crippen molar-refractivity contribution in [3.8, 4) is 0 Å². The molecule has 13 heavy (non-hydrogen) atoms. The lowest BCUT2D eigenvalue weighted by atomic mass is 9.91. The SMILES string of the molecule is CN1CCOCC1C1CCCNC1. The largest absolute Gasteiger partial charge is 0.378 e. The average molecular weight is 184 g/mol. The van der Waals surface area contributed by atoms with E-state index in [1.807, 2.05) is 0 Å². The number of hydrogen-bond acceptors (Lipinski definition) is 3. The van der Waals surface area contributed by atoms with E-state index >= 15 is 0 Å². The van der Waals surface area contributed by atoms with E-state index in [-0.39, 0.29) is 0 Å². The Kier molecular flexibility index (Phi) is 3.19. The molecule has 0 amide bonds. The second kappa shape index (κ2) is 4.40. The molecule has 3 nitrogen and oxygen atoms in total. The molecule has 2 saturated heterocycles. The van der Waals surface area contributed by atoms with Gasteiger partial charge in [-0.2, -0.15) is 0 Å². The van der Waals surface area contributed by atoms with Crippen molar-refractivity contribution in [1.82, 2.24) is 10.2 Å². The number of morpholine rings is 1. The molecule has 2 rings (SSSR count). The lowest BCUT2D eigenvalue weighted by Crippen LogP contribution is -2.51. The maximum Gasteiger partial charge on any atom is 0.0625 e. The Morgan fingerprint density at radius 1 is 1.46 bits per heavy atom. The summed E-state index contributed by atoms with van der Waals surface area (Å²) in [6.45, 7) is 5.32. The molecule has 3 heteroatoms.